The summed E-state index contributed by atoms with van der Waals surface area (Å²) in [7, 11) is -3.94. The molecule has 2 aromatic carbocycles. The summed E-state index contributed by atoms with van der Waals surface area (Å²) in [4.78, 5) is 24.9. The van der Waals surface area contributed by atoms with Crippen molar-refractivity contribution in [2.24, 2.45) is 5.92 Å². The SMILES string of the molecule is CCOC(=O)[C@H](CC)NC(=O)[C@H](CC(C)C)NS(=O)(=O)c1ccc2ccccc2c1. The Labute approximate surface area is 178 Å². The number of hydrogen-bond acceptors (Lipinski definition) is 5. The normalized spacial score (nSPS) is 13.8. The van der Waals surface area contributed by atoms with Gasteiger partial charge in [0.25, 0.3) is 0 Å². The lowest BCUT2D eigenvalue weighted by atomic mass is 10.0. The Morgan fingerprint density at radius 1 is 1.00 bits per heavy atom. The molecule has 0 aliphatic carbocycles. The Hall–Kier alpha value is -2.45. The van der Waals surface area contributed by atoms with E-state index in [1.165, 1.54) is 6.07 Å². The maximum atomic E-state index is 13.0. The van der Waals surface area contributed by atoms with Gasteiger partial charge in [-0.25, -0.2) is 13.2 Å². The van der Waals surface area contributed by atoms with Gasteiger partial charge in [-0.15, -0.1) is 0 Å². The highest BCUT2D eigenvalue weighted by molar-refractivity contribution is 7.89. The Morgan fingerprint density at radius 3 is 2.27 bits per heavy atom. The fraction of sp³-hybridized carbons (Fsp3) is 0.455. The molecule has 1 amide bonds. The molecular weight excluding hydrogens is 404 g/mol. The number of esters is 1. The Morgan fingerprint density at radius 2 is 1.67 bits per heavy atom. The molecule has 0 saturated heterocycles. The number of hydrogen-bond donors (Lipinski definition) is 2. The van der Waals surface area contributed by atoms with Gasteiger partial charge >= 0.3 is 5.97 Å². The van der Waals surface area contributed by atoms with Crippen molar-refractivity contribution in [3.8, 4) is 0 Å². The molecule has 2 atom stereocenters. The molecule has 0 radical (unpaired) electrons. The molecule has 0 heterocycles. The number of carbonyl (C=O) groups excluding carboxylic acids is 2. The quantitative estimate of drug-likeness (QED) is 0.560. The van der Waals surface area contributed by atoms with E-state index in [0.717, 1.165) is 10.8 Å². The zero-order valence-corrected chi connectivity index (χ0v) is 18.7. The zero-order valence-electron chi connectivity index (χ0n) is 17.8. The fourth-order valence-electron chi connectivity index (χ4n) is 3.11. The maximum Gasteiger partial charge on any atom is 0.328 e. The Kier molecular flexibility index (Phi) is 8.37. The summed E-state index contributed by atoms with van der Waals surface area (Å²) in [6.45, 7) is 7.43. The van der Waals surface area contributed by atoms with Gasteiger partial charge in [-0.2, -0.15) is 4.72 Å². The number of amides is 1. The van der Waals surface area contributed by atoms with Crippen LogP contribution in [0.15, 0.2) is 47.4 Å². The molecule has 7 nitrogen and oxygen atoms in total. The predicted molar refractivity (Wildman–Crippen MR) is 116 cm³/mol. The first kappa shape index (κ1) is 23.8. The smallest absolute Gasteiger partial charge is 0.328 e. The minimum atomic E-state index is -3.94. The van der Waals surface area contributed by atoms with Gasteiger partial charge in [0.2, 0.25) is 15.9 Å². The number of ether oxygens (including phenoxy) is 1. The van der Waals surface area contributed by atoms with Crippen LogP contribution < -0.4 is 10.0 Å². The van der Waals surface area contributed by atoms with Crippen molar-refractivity contribution < 1.29 is 22.7 Å². The van der Waals surface area contributed by atoms with Crippen LogP contribution in [0.1, 0.15) is 40.5 Å². The van der Waals surface area contributed by atoms with Gasteiger partial charge in [-0.1, -0.05) is 51.1 Å². The standard InChI is InChI=1S/C22H30N2O5S/c1-5-19(22(26)29-6-2)23-21(25)20(13-15(3)4)24-30(27,28)18-12-11-16-9-7-8-10-17(16)14-18/h7-12,14-15,19-20,24H,5-6,13H2,1-4H3,(H,23,25)/t19-,20-/m0/s1. The lowest BCUT2D eigenvalue weighted by Gasteiger charge is -2.23. The van der Waals surface area contributed by atoms with Crippen molar-refractivity contribution in [3.05, 3.63) is 42.5 Å². The van der Waals surface area contributed by atoms with Crippen molar-refractivity contribution >= 4 is 32.7 Å². The highest BCUT2D eigenvalue weighted by atomic mass is 32.2. The Balaban J connectivity index is 2.24. The van der Waals surface area contributed by atoms with E-state index in [1.54, 1.807) is 26.0 Å². The summed E-state index contributed by atoms with van der Waals surface area (Å²) >= 11 is 0. The highest BCUT2D eigenvalue weighted by Crippen LogP contribution is 2.20. The van der Waals surface area contributed by atoms with Gasteiger partial charge in [0.15, 0.2) is 0 Å². The number of carbonyl (C=O) groups is 2. The van der Waals surface area contributed by atoms with E-state index in [9.17, 15) is 18.0 Å². The average molecular weight is 435 g/mol. The van der Waals surface area contributed by atoms with Gasteiger partial charge in [0, 0.05) is 0 Å². The molecule has 0 aliphatic heterocycles. The van der Waals surface area contributed by atoms with Crippen LogP contribution in [0.4, 0.5) is 0 Å². The first-order valence-corrected chi connectivity index (χ1v) is 11.6. The van der Waals surface area contributed by atoms with Gasteiger partial charge < -0.3 is 10.1 Å². The third kappa shape index (κ3) is 6.27. The van der Waals surface area contributed by atoms with Crippen LogP contribution in [0.3, 0.4) is 0 Å². The second-order valence-corrected chi connectivity index (χ2v) is 9.25. The second-order valence-electron chi connectivity index (χ2n) is 7.53. The first-order valence-electron chi connectivity index (χ1n) is 10.2. The zero-order chi connectivity index (χ0) is 22.3. The van der Waals surface area contributed by atoms with E-state index >= 15 is 0 Å². The third-order valence-electron chi connectivity index (χ3n) is 4.65. The van der Waals surface area contributed by atoms with E-state index in [-0.39, 0.29) is 23.8 Å². The molecule has 2 N–H and O–H groups in total. The van der Waals surface area contributed by atoms with Crippen LogP contribution in [-0.4, -0.2) is 39.0 Å². The van der Waals surface area contributed by atoms with Crippen LogP contribution in [0, 0.1) is 5.92 Å². The topological polar surface area (TPSA) is 102 Å². The molecule has 2 aromatic rings. The highest BCUT2D eigenvalue weighted by Gasteiger charge is 2.29. The van der Waals surface area contributed by atoms with Crippen LogP contribution in [0.5, 0.6) is 0 Å². The van der Waals surface area contributed by atoms with Crippen molar-refractivity contribution in [1.82, 2.24) is 10.0 Å². The summed E-state index contributed by atoms with van der Waals surface area (Å²) in [5.74, 6) is -1.02. The van der Waals surface area contributed by atoms with E-state index in [2.05, 4.69) is 10.0 Å². The van der Waals surface area contributed by atoms with Gasteiger partial charge in [0.05, 0.1) is 11.5 Å². The number of sulfonamides is 1. The summed E-state index contributed by atoms with van der Waals surface area (Å²) in [6, 6.07) is 10.4. The second kappa shape index (κ2) is 10.5. The van der Waals surface area contributed by atoms with Crippen molar-refractivity contribution in [1.29, 1.82) is 0 Å². The van der Waals surface area contributed by atoms with Crippen LogP contribution in [0.2, 0.25) is 0 Å². The summed E-state index contributed by atoms with van der Waals surface area (Å²) < 4.78 is 33.5. The van der Waals surface area contributed by atoms with Crippen molar-refractivity contribution in [2.45, 2.75) is 57.5 Å². The monoisotopic (exact) mass is 434 g/mol. The Bertz CT molecular complexity index is 988. The molecule has 0 saturated carbocycles. The molecular formula is C22H30N2O5S. The fourth-order valence-corrected chi connectivity index (χ4v) is 4.36. The average Bonchev–Trinajstić information content (AvgIpc) is 2.70. The molecule has 30 heavy (non-hydrogen) atoms. The number of benzene rings is 2. The predicted octanol–water partition coefficient (Wildman–Crippen LogP) is 2.99. The van der Waals surface area contributed by atoms with Crippen molar-refractivity contribution in [2.75, 3.05) is 6.61 Å². The van der Waals surface area contributed by atoms with Gasteiger partial charge in [-0.3, -0.25) is 4.79 Å². The summed E-state index contributed by atoms with van der Waals surface area (Å²) in [5.41, 5.74) is 0. The summed E-state index contributed by atoms with van der Waals surface area (Å²) in [5, 5.41) is 4.33. The molecule has 0 aliphatic rings. The van der Waals surface area contributed by atoms with Crippen LogP contribution >= 0.6 is 0 Å². The molecule has 0 fully saturated rings. The molecule has 164 valence electrons. The summed E-state index contributed by atoms with van der Waals surface area (Å²) in [6.07, 6.45) is 0.633. The minimum absolute atomic E-state index is 0.0581. The molecule has 8 heteroatoms. The third-order valence-corrected chi connectivity index (χ3v) is 6.12. The molecule has 0 unspecified atom stereocenters. The molecule has 0 aromatic heterocycles. The van der Waals surface area contributed by atoms with E-state index in [4.69, 9.17) is 4.74 Å². The van der Waals surface area contributed by atoms with Crippen LogP contribution in [-0.2, 0) is 24.3 Å². The molecule has 2 rings (SSSR count). The number of nitrogens with one attached hydrogen (secondary N) is 2. The van der Waals surface area contributed by atoms with Gasteiger partial charge in [-0.05, 0) is 48.6 Å². The largest absolute Gasteiger partial charge is 0.464 e. The van der Waals surface area contributed by atoms with E-state index in [1.807, 2.05) is 38.1 Å². The van der Waals surface area contributed by atoms with Crippen LogP contribution in [0.25, 0.3) is 10.8 Å². The maximum absolute atomic E-state index is 13.0. The lowest BCUT2D eigenvalue weighted by molar-refractivity contribution is -0.147. The van der Waals surface area contributed by atoms with E-state index in [0.29, 0.717) is 6.42 Å². The number of fused-ring (bicyclic) bond motifs is 1. The minimum Gasteiger partial charge on any atom is -0.464 e. The lowest BCUT2D eigenvalue weighted by Crippen LogP contribution is -2.52. The number of rotatable bonds is 10. The molecule has 0 spiro atoms. The van der Waals surface area contributed by atoms with Crippen molar-refractivity contribution in [3.63, 3.8) is 0 Å². The van der Waals surface area contributed by atoms with Gasteiger partial charge in [0.1, 0.15) is 12.1 Å². The van der Waals surface area contributed by atoms with E-state index < -0.39 is 34.0 Å². The molecule has 0 bridgehead atoms. The first-order chi connectivity index (χ1) is 14.2.